The summed E-state index contributed by atoms with van der Waals surface area (Å²) in [5.74, 6) is 1.04. The Morgan fingerprint density at radius 1 is 1.06 bits per heavy atom. The highest BCUT2D eigenvalue weighted by Crippen LogP contribution is 2.38. The summed E-state index contributed by atoms with van der Waals surface area (Å²) in [7, 11) is 3.76. The summed E-state index contributed by atoms with van der Waals surface area (Å²) in [5.41, 5.74) is 0.304. The quantitative estimate of drug-likeness (QED) is 0.631. The van der Waals surface area contributed by atoms with Gasteiger partial charge in [-0.05, 0) is 17.8 Å². The molecule has 108 valence electrons. The summed E-state index contributed by atoms with van der Waals surface area (Å²) in [6.07, 6.45) is 5.54. The van der Waals surface area contributed by atoms with Crippen LogP contribution in [0, 0.1) is 17.3 Å². The van der Waals surface area contributed by atoms with E-state index in [1.807, 2.05) is 14.1 Å². The van der Waals surface area contributed by atoms with E-state index in [4.69, 9.17) is 0 Å². The maximum atomic E-state index is 12.4. The lowest BCUT2D eigenvalue weighted by Gasteiger charge is -2.35. The van der Waals surface area contributed by atoms with Crippen LogP contribution >= 0.6 is 0 Å². The number of carbonyl (C=O) groups excluding carboxylic acids is 1. The van der Waals surface area contributed by atoms with Gasteiger partial charge in [-0.15, -0.1) is 0 Å². The molecule has 0 saturated carbocycles. The molecule has 0 rings (SSSR count). The minimum Gasteiger partial charge on any atom is -0.349 e. The molecule has 0 spiro atoms. The molecular formula is C16H33NO. The molecule has 0 aliphatic rings. The SMILES string of the molecule is CCC(CC)C(CC(C)(CC)CC)C(=O)N(C)C. The molecule has 0 aromatic heterocycles. The second kappa shape index (κ2) is 7.81. The molecule has 0 aliphatic heterocycles. The van der Waals surface area contributed by atoms with Gasteiger partial charge in [0.2, 0.25) is 5.91 Å². The van der Waals surface area contributed by atoms with Crippen molar-refractivity contribution >= 4 is 5.91 Å². The monoisotopic (exact) mass is 255 g/mol. The fourth-order valence-corrected chi connectivity index (χ4v) is 2.71. The van der Waals surface area contributed by atoms with Crippen LogP contribution in [0.2, 0.25) is 0 Å². The highest BCUT2D eigenvalue weighted by molar-refractivity contribution is 5.78. The van der Waals surface area contributed by atoms with Crippen molar-refractivity contribution in [2.75, 3.05) is 14.1 Å². The second-order valence-corrected chi connectivity index (χ2v) is 6.14. The van der Waals surface area contributed by atoms with E-state index in [2.05, 4.69) is 34.6 Å². The highest BCUT2D eigenvalue weighted by Gasteiger charge is 2.33. The van der Waals surface area contributed by atoms with E-state index >= 15 is 0 Å². The van der Waals surface area contributed by atoms with Crippen molar-refractivity contribution in [2.45, 2.75) is 66.7 Å². The van der Waals surface area contributed by atoms with E-state index < -0.39 is 0 Å². The second-order valence-electron chi connectivity index (χ2n) is 6.14. The standard InChI is InChI=1S/C16H33NO/c1-8-13(9-2)14(15(18)17(6)7)12-16(5,10-3)11-4/h13-14H,8-12H2,1-7H3. The average molecular weight is 255 g/mol. The smallest absolute Gasteiger partial charge is 0.225 e. The van der Waals surface area contributed by atoms with Gasteiger partial charge in [0, 0.05) is 20.0 Å². The molecule has 2 nitrogen and oxygen atoms in total. The van der Waals surface area contributed by atoms with Gasteiger partial charge in [-0.25, -0.2) is 0 Å². The summed E-state index contributed by atoms with van der Waals surface area (Å²) in [4.78, 5) is 14.2. The van der Waals surface area contributed by atoms with Gasteiger partial charge in [0.1, 0.15) is 0 Å². The molecule has 0 aromatic carbocycles. The normalized spacial score (nSPS) is 13.8. The van der Waals surface area contributed by atoms with Gasteiger partial charge in [0.15, 0.2) is 0 Å². The fourth-order valence-electron chi connectivity index (χ4n) is 2.71. The number of carbonyl (C=O) groups is 1. The first-order valence-corrected chi connectivity index (χ1v) is 7.56. The molecule has 18 heavy (non-hydrogen) atoms. The van der Waals surface area contributed by atoms with Crippen LogP contribution in [0.5, 0.6) is 0 Å². The maximum Gasteiger partial charge on any atom is 0.225 e. The zero-order chi connectivity index (χ0) is 14.3. The molecular weight excluding hydrogens is 222 g/mol. The minimum atomic E-state index is 0.194. The Balaban J connectivity index is 5.04. The van der Waals surface area contributed by atoms with E-state index in [9.17, 15) is 4.79 Å². The van der Waals surface area contributed by atoms with Gasteiger partial charge in [0.05, 0.1) is 0 Å². The molecule has 1 unspecified atom stereocenters. The zero-order valence-corrected chi connectivity index (χ0v) is 13.5. The predicted molar refractivity (Wildman–Crippen MR) is 79.6 cm³/mol. The van der Waals surface area contributed by atoms with Crippen molar-refractivity contribution in [1.82, 2.24) is 4.90 Å². The molecule has 1 amide bonds. The number of rotatable bonds is 8. The van der Waals surface area contributed by atoms with Crippen molar-refractivity contribution in [2.24, 2.45) is 17.3 Å². The molecule has 0 fully saturated rings. The van der Waals surface area contributed by atoms with Crippen molar-refractivity contribution in [3.63, 3.8) is 0 Å². The number of nitrogens with zero attached hydrogens (tertiary/aromatic N) is 1. The molecule has 1 atom stereocenters. The van der Waals surface area contributed by atoms with Crippen LogP contribution in [0.15, 0.2) is 0 Å². The first-order chi connectivity index (χ1) is 8.35. The Kier molecular flexibility index (Phi) is 7.58. The molecule has 0 radical (unpaired) electrons. The minimum absolute atomic E-state index is 0.194. The summed E-state index contributed by atoms with van der Waals surface area (Å²) in [5, 5.41) is 0. The van der Waals surface area contributed by atoms with Crippen LogP contribution < -0.4 is 0 Å². The van der Waals surface area contributed by atoms with Crippen LogP contribution in [0.1, 0.15) is 66.7 Å². The Labute approximate surface area is 114 Å². The van der Waals surface area contributed by atoms with Crippen LogP contribution in [-0.2, 0) is 4.79 Å². The summed E-state index contributed by atoms with van der Waals surface area (Å²) in [6, 6.07) is 0. The van der Waals surface area contributed by atoms with Crippen molar-refractivity contribution < 1.29 is 4.79 Å². The predicted octanol–water partition coefficient (Wildman–Crippen LogP) is 4.34. The fraction of sp³-hybridized carbons (Fsp3) is 0.938. The van der Waals surface area contributed by atoms with Crippen molar-refractivity contribution in [3.05, 3.63) is 0 Å². The van der Waals surface area contributed by atoms with Crippen LogP contribution in [0.25, 0.3) is 0 Å². The van der Waals surface area contributed by atoms with Gasteiger partial charge in [-0.2, -0.15) is 0 Å². The highest BCUT2D eigenvalue weighted by atomic mass is 16.2. The van der Waals surface area contributed by atoms with Crippen LogP contribution in [-0.4, -0.2) is 24.9 Å². The summed E-state index contributed by atoms with van der Waals surface area (Å²) in [6.45, 7) is 11.2. The van der Waals surface area contributed by atoms with Gasteiger partial charge < -0.3 is 4.90 Å². The lowest BCUT2D eigenvalue weighted by atomic mass is 9.71. The number of hydrogen-bond acceptors (Lipinski definition) is 1. The topological polar surface area (TPSA) is 20.3 Å². The maximum absolute atomic E-state index is 12.4. The van der Waals surface area contributed by atoms with E-state index in [0.29, 0.717) is 17.2 Å². The largest absolute Gasteiger partial charge is 0.349 e. The molecule has 2 heteroatoms. The molecule has 0 aromatic rings. The van der Waals surface area contributed by atoms with Crippen LogP contribution in [0.3, 0.4) is 0 Å². The Bertz CT molecular complexity index is 239. The Hall–Kier alpha value is -0.530. The van der Waals surface area contributed by atoms with Crippen molar-refractivity contribution in [1.29, 1.82) is 0 Å². The lowest BCUT2D eigenvalue weighted by molar-refractivity contribution is -0.136. The van der Waals surface area contributed by atoms with Gasteiger partial charge >= 0.3 is 0 Å². The number of hydrogen-bond donors (Lipinski definition) is 0. The zero-order valence-electron chi connectivity index (χ0n) is 13.5. The third-order valence-electron chi connectivity index (χ3n) is 4.80. The van der Waals surface area contributed by atoms with E-state index in [-0.39, 0.29) is 5.92 Å². The van der Waals surface area contributed by atoms with Gasteiger partial charge in [-0.3, -0.25) is 4.79 Å². The van der Waals surface area contributed by atoms with Gasteiger partial charge in [0.25, 0.3) is 0 Å². The molecule has 0 N–H and O–H groups in total. The van der Waals surface area contributed by atoms with Crippen LogP contribution in [0.4, 0.5) is 0 Å². The third-order valence-corrected chi connectivity index (χ3v) is 4.80. The molecule has 0 saturated heterocycles. The number of amides is 1. The Morgan fingerprint density at radius 3 is 1.78 bits per heavy atom. The molecule has 0 heterocycles. The van der Waals surface area contributed by atoms with Crippen molar-refractivity contribution in [3.8, 4) is 0 Å². The van der Waals surface area contributed by atoms with E-state index in [0.717, 1.165) is 32.1 Å². The summed E-state index contributed by atoms with van der Waals surface area (Å²) < 4.78 is 0. The first kappa shape index (κ1) is 17.5. The lowest BCUT2D eigenvalue weighted by Crippen LogP contribution is -2.37. The Morgan fingerprint density at radius 2 is 1.50 bits per heavy atom. The van der Waals surface area contributed by atoms with E-state index in [1.165, 1.54) is 0 Å². The third kappa shape index (κ3) is 4.62. The average Bonchev–Trinajstić information content (AvgIpc) is 2.37. The summed E-state index contributed by atoms with van der Waals surface area (Å²) >= 11 is 0. The first-order valence-electron chi connectivity index (χ1n) is 7.56. The molecule has 0 bridgehead atoms. The van der Waals surface area contributed by atoms with Gasteiger partial charge in [-0.1, -0.05) is 60.3 Å². The van der Waals surface area contributed by atoms with E-state index in [1.54, 1.807) is 4.90 Å². The molecule has 0 aliphatic carbocycles.